The normalized spacial score (nSPS) is 56.1. The Morgan fingerprint density at radius 3 is 2.59 bits per heavy atom. The molecule has 27 heavy (non-hydrogen) atoms. The van der Waals surface area contributed by atoms with E-state index in [0.717, 1.165) is 42.9 Å². The zero-order valence-electron chi connectivity index (χ0n) is 16.3. The molecule has 2 spiro atoms. The van der Waals surface area contributed by atoms with Gasteiger partial charge in [0.1, 0.15) is 5.60 Å². The van der Waals surface area contributed by atoms with Crippen molar-refractivity contribution < 1.29 is 14.3 Å². The van der Waals surface area contributed by atoms with Gasteiger partial charge in [0.25, 0.3) is 0 Å². The minimum atomic E-state index is -0.125. The molecule has 0 aromatic rings. The number of hydrogen-bond donors (Lipinski definition) is 0. The van der Waals surface area contributed by atoms with Crippen LogP contribution in [0.3, 0.4) is 0 Å². The summed E-state index contributed by atoms with van der Waals surface area (Å²) in [7, 11) is 0. The maximum Gasteiger partial charge on any atom is 0.306 e. The fourth-order valence-corrected chi connectivity index (χ4v) is 9.48. The Morgan fingerprint density at radius 1 is 1.00 bits per heavy atom. The first kappa shape index (κ1) is 15.8. The van der Waals surface area contributed by atoms with Crippen LogP contribution in [0.2, 0.25) is 0 Å². The van der Waals surface area contributed by atoms with Crippen molar-refractivity contribution >= 4 is 11.8 Å². The summed E-state index contributed by atoms with van der Waals surface area (Å²) in [5, 5.41) is 0. The van der Waals surface area contributed by atoms with Crippen molar-refractivity contribution in [2.24, 2.45) is 46.3 Å². The quantitative estimate of drug-likeness (QED) is 0.595. The molecule has 6 aliphatic carbocycles. The molecule has 6 fully saturated rings. The highest BCUT2D eigenvalue weighted by Gasteiger charge is 2.79. The first-order chi connectivity index (χ1) is 13.0. The summed E-state index contributed by atoms with van der Waals surface area (Å²) in [5.41, 5.74) is 2.03. The predicted molar refractivity (Wildman–Crippen MR) is 99.6 cm³/mol. The van der Waals surface area contributed by atoms with E-state index < -0.39 is 0 Å². The van der Waals surface area contributed by atoms with Crippen LogP contribution < -0.4 is 0 Å². The fraction of sp³-hybridized carbons (Fsp3) is 0.833. The predicted octanol–water partition coefficient (Wildman–Crippen LogP) is 4.45. The number of carbonyl (C=O) groups is 2. The Morgan fingerprint density at radius 2 is 1.85 bits per heavy atom. The van der Waals surface area contributed by atoms with Crippen LogP contribution in [0.25, 0.3) is 0 Å². The van der Waals surface area contributed by atoms with Crippen LogP contribution in [0.1, 0.15) is 71.1 Å². The van der Waals surface area contributed by atoms with Gasteiger partial charge in [0, 0.05) is 24.2 Å². The second kappa shape index (κ2) is 4.54. The molecule has 3 nitrogen and oxygen atoms in total. The van der Waals surface area contributed by atoms with Gasteiger partial charge in [-0.1, -0.05) is 12.5 Å². The summed E-state index contributed by atoms with van der Waals surface area (Å²) >= 11 is 0. The summed E-state index contributed by atoms with van der Waals surface area (Å²) in [6.45, 7) is 2.49. The van der Waals surface area contributed by atoms with E-state index in [0.29, 0.717) is 29.5 Å². The van der Waals surface area contributed by atoms with Gasteiger partial charge in [0.15, 0.2) is 5.78 Å². The molecule has 7 rings (SSSR count). The zero-order chi connectivity index (χ0) is 18.2. The van der Waals surface area contributed by atoms with E-state index in [1.807, 2.05) is 0 Å². The second-order valence-corrected chi connectivity index (χ2v) is 11.4. The largest absolute Gasteiger partial charge is 0.458 e. The van der Waals surface area contributed by atoms with Crippen molar-refractivity contribution in [2.45, 2.75) is 76.7 Å². The SMILES string of the molecule is C[C@]12CC[C@H]3[C@@H](CC4(CC4)C4=CC(=O)CC[C@@H]43)[C@@H]1[C@H]1C[C@H]1[C@@]21CCC(=O)O1. The molecular weight excluding hydrogens is 336 g/mol. The van der Waals surface area contributed by atoms with E-state index in [1.54, 1.807) is 5.57 Å². The van der Waals surface area contributed by atoms with E-state index in [9.17, 15) is 9.59 Å². The molecule has 0 bridgehead atoms. The lowest BCUT2D eigenvalue weighted by Crippen LogP contribution is -2.56. The van der Waals surface area contributed by atoms with Crippen LogP contribution in [0.4, 0.5) is 0 Å². The molecule has 0 aromatic heterocycles. The van der Waals surface area contributed by atoms with Crippen LogP contribution >= 0.6 is 0 Å². The lowest BCUT2D eigenvalue weighted by Gasteiger charge is -2.58. The summed E-state index contributed by atoms with van der Waals surface area (Å²) in [6, 6.07) is 0. The van der Waals surface area contributed by atoms with E-state index in [-0.39, 0.29) is 17.0 Å². The van der Waals surface area contributed by atoms with Gasteiger partial charge in [-0.2, -0.15) is 0 Å². The monoisotopic (exact) mass is 366 g/mol. The number of hydrogen-bond acceptors (Lipinski definition) is 3. The highest BCUT2D eigenvalue weighted by molar-refractivity contribution is 5.91. The third-order valence-electron chi connectivity index (χ3n) is 10.6. The Bertz CT molecular complexity index is 806. The van der Waals surface area contributed by atoms with Gasteiger partial charge in [-0.15, -0.1) is 0 Å². The number of esters is 1. The molecule has 5 saturated carbocycles. The van der Waals surface area contributed by atoms with E-state index in [4.69, 9.17) is 4.74 Å². The first-order valence-electron chi connectivity index (χ1n) is 11.4. The van der Waals surface area contributed by atoms with Gasteiger partial charge < -0.3 is 4.74 Å². The Labute approximate surface area is 161 Å². The third kappa shape index (κ3) is 1.69. The maximum absolute atomic E-state index is 12.2. The zero-order valence-corrected chi connectivity index (χ0v) is 16.3. The smallest absolute Gasteiger partial charge is 0.306 e. The van der Waals surface area contributed by atoms with Crippen LogP contribution in [0.15, 0.2) is 11.6 Å². The molecule has 1 aliphatic heterocycles. The van der Waals surface area contributed by atoms with Crippen molar-refractivity contribution in [3.05, 3.63) is 11.6 Å². The minimum Gasteiger partial charge on any atom is -0.458 e. The molecule has 144 valence electrons. The van der Waals surface area contributed by atoms with Crippen molar-refractivity contribution in [3.8, 4) is 0 Å². The number of ether oxygens (including phenoxy) is 1. The van der Waals surface area contributed by atoms with Crippen LogP contribution in [-0.4, -0.2) is 17.4 Å². The first-order valence-corrected chi connectivity index (χ1v) is 11.4. The molecule has 3 heteroatoms. The van der Waals surface area contributed by atoms with E-state index >= 15 is 0 Å². The second-order valence-electron chi connectivity index (χ2n) is 11.4. The topological polar surface area (TPSA) is 43.4 Å². The van der Waals surface area contributed by atoms with E-state index in [1.165, 1.54) is 38.5 Å². The summed E-state index contributed by atoms with van der Waals surface area (Å²) < 4.78 is 6.21. The number of ketones is 1. The van der Waals surface area contributed by atoms with Gasteiger partial charge >= 0.3 is 5.97 Å². The molecule has 8 atom stereocenters. The summed E-state index contributed by atoms with van der Waals surface area (Å²) in [5.74, 6) is 4.90. The number of carbonyl (C=O) groups excluding carboxylic acids is 2. The molecule has 0 aromatic carbocycles. The van der Waals surface area contributed by atoms with Crippen molar-refractivity contribution in [1.29, 1.82) is 0 Å². The molecule has 0 amide bonds. The highest BCUT2D eigenvalue weighted by atomic mass is 16.6. The Balaban J connectivity index is 1.31. The van der Waals surface area contributed by atoms with Crippen molar-refractivity contribution in [3.63, 3.8) is 0 Å². The molecule has 0 unspecified atom stereocenters. The standard InChI is InChI=1S/C24H30O3/c1-22-6-4-14-15-3-2-13(25)10-18(15)23(8-9-23)12-17(14)21(22)16-11-19(16)24(22)7-5-20(26)27-24/h10,14-17,19,21H,2-9,11-12H2,1H3/t14-,15-,16+,17-,19-,21+,22+,24+/m1/s1. The van der Waals surface area contributed by atoms with Gasteiger partial charge in [-0.3, -0.25) is 9.59 Å². The molecule has 1 heterocycles. The van der Waals surface area contributed by atoms with Crippen molar-refractivity contribution in [2.75, 3.05) is 0 Å². The summed E-state index contributed by atoms with van der Waals surface area (Å²) in [6.07, 6.45) is 13.3. The highest BCUT2D eigenvalue weighted by Crippen LogP contribution is 2.80. The van der Waals surface area contributed by atoms with Gasteiger partial charge in [0.05, 0.1) is 0 Å². The van der Waals surface area contributed by atoms with Crippen LogP contribution in [0.5, 0.6) is 0 Å². The average Bonchev–Trinajstić information content (AvgIpc) is 3.54. The third-order valence-corrected chi connectivity index (χ3v) is 10.6. The molecular formula is C24H30O3. The minimum absolute atomic E-state index is 0.0583. The lowest BCUT2D eigenvalue weighted by molar-refractivity contribution is -0.175. The maximum atomic E-state index is 12.2. The van der Waals surface area contributed by atoms with Gasteiger partial charge in [0.2, 0.25) is 0 Å². The molecule has 0 radical (unpaired) electrons. The van der Waals surface area contributed by atoms with Gasteiger partial charge in [-0.05, 0) is 92.4 Å². The lowest BCUT2D eigenvalue weighted by atomic mass is 9.47. The van der Waals surface area contributed by atoms with Gasteiger partial charge in [-0.25, -0.2) is 0 Å². The van der Waals surface area contributed by atoms with E-state index in [2.05, 4.69) is 13.0 Å². The number of fused-ring (bicyclic) bond motifs is 10. The Hall–Kier alpha value is -1.12. The molecule has 1 saturated heterocycles. The summed E-state index contributed by atoms with van der Waals surface area (Å²) in [4.78, 5) is 24.3. The van der Waals surface area contributed by atoms with Crippen LogP contribution in [0, 0.1) is 46.3 Å². The molecule has 0 N–H and O–H groups in total. The number of rotatable bonds is 0. The fourth-order valence-electron chi connectivity index (χ4n) is 9.48. The molecule has 7 aliphatic rings. The average molecular weight is 367 g/mol. The number of allylic oxidation sites excluding steroid dienone is 1. The van der Waals surface area contributed by atoms with Crippen molar-refractivity contribution in [1.82, 2.24) is 0 Å². The Kier molecular flexibility index (Phi) is 2.65. The van der Waals surface area contributed by atoms with Crippen LogP contribution in [-0.2, 0) is 14.3 Å².